The number of ether oxygens (including phenoxy) is 1. The van der Waals surface area contributed by atoms with E-state index in [4.69, 9.17) is 9.72 Å². The quantitative estimate of drug-likeness (QED) is 0.273. The van der Waals surface area contributed by atoms with E-state index in [0.717, 1.165) is 35.4 Å². The van der Waals surface area contributed by atoms with Crippen molar-refractivity contribution in [3.63, 3.8) is 0 Å². The van der Waals surface area contributed by atoms with E-state index in [-0.39, 0.29) is 11.3 Å². The summed E-state index contributed by atoms with van der Waals surface area (Å²) in [6, 6.07) is 12.2. The van der Waals surface area contributed by atoms with Crippen molar-refractivity contribution in [2.75, 3.05) is 20.3 Å². The summed E-state index contributed by atoms with van der Waals surface area (Å²) in [4.78, 5) is 30.5. The zero-order valence-electron chi connectivity index (χ0n) is 22.1. The van der Waals surface area contributed by atoms with Crippen LogP contribution in [0.5, 0.6) is 0 Å². The van der Waals surface area contributed by atoms with Gasteiger partial charge >= 0.3 is 0 Å². The molecule has 1 aliphatic rings. The van der Waals surface area contributed by atoms with E-state index in [2.05, 4.69) is 20.3 Å². The standard InChI is InChI=1S/C29H27FN8O2/c1-37-15-21(13-31)35-28(37)23-11-19(30)5-6-22(23)18-9-24(17-3-4-17)36-26(10-18)38-16-33-25-12-20(14-32-7-8-40-2)34-27(25)29(38)39/h5-6,9-12,15-17,32,34H,3-4,7-8,14H2,1-2H3. The number of H-pyrrole nitrogens is 1. The number of benzene rings is 1. The highest BCUT2D eigenvalue weighted by molar-refractivity contribution is 5.82. The summed E-state index contributed by atoms with van der Waals surface area (Å²) < 4.78 is 22.7. The molecule has 10 nitrogen and oxygen atoms in total. The molecule has 0 saturated heterocycles. The largest absolute Gasteiger partial charge is 0.383 e. The maximum Gasteiger partial charge on any atom is 0.283 e. The first-order valence-electron chi connectivity index (χ1n) is 13.0. The molecule has 202 valence electrons. The second kappa shape index (κ2) is 10.5. The van der Waals surface area contributed by atoms with Gasteiger partial charge in [-0.1, -0.05) is 6.07 Å². The molecule has 0 spiro atoms. The molecule has 0 aliphatic heterocycles. The summed E-state index contributed by atoms with van der Waals surface area (Å²) in [5.41, 5.74) is 4.69. The molecule has 0 radical (unpaired) electrons. The number of fused-ring (bicyclic) bond motifs is 1. The van der Waals surface area contributed by atoms with E-state index < -0.39 is 5.82 Å². The fourth-order valence-corrected chi connectivity index (χ4v) is 4.84. The third kappa shape index (κ3) is 4.90. The lowest BCUT2D eigenvalue weighted by atomic mass is 9.98. The highest BCUT2D eigenvalue weighted by atomic mass is 19.1. The van der Waals surface area contributed by atoms with Gasteiger partial charge in [0, 0.05) is 56.3 Å². The smallest absolute Gasteiger partial charge is 0.283 e. The van der Waals surface area contributed by atoms with Gasteiger partial charge in [-0.15, -0.1) is 0 Å². The first kappa shape index (κ1) is 25.6. The molecule has 4 aromatic heterocycles. The van der Waals surface area contributed by atoms with Crippen LogP contribution in [-0.4, -0.2) is 49.3 Å². The Morgan fingerprint density at radius 3 is 2.80 bits per heavy atom. The number of aromatic amines is 1. The van der Waals surface area contributed by atoms with Gasteiger partial charge in [-0.05, 0) is 54.3 Å². The molecule has 40 heavy (non-hydrogen) atoms. The summed E-state index contributed by atoms with van der Waals surface area (Å²) in [6.07, 6.45) is 5.13. The number of rotatable bonds is 9. The molecule has 5 aromatic rings. The lowest BCUT2D eigenvalue weighted by Gasteiger charge is -2.14. The minimum absolute atomic E-state index is 0.243. The minimum atomic E-state index is -0.415. The van der Waals surface area contributed by atoms with Gasteiger partial charge in [0.25, 0.3) is 5.56 Å². The number of nitrogens with one attached hydrogen (secondary N) is 2. The van der Waals surface area contributed by atoms with Crippen LogP contribution >= 0.6 is 0 Å². The number of imidazole rings is 1. The van der Waals surface area contributed by atoms with Crippen LogP contribution < -0.4 is 10.9 Å². The monoisotopic (exact) mass is 538 g/mol. The second-order valence-corrected chi connectivity index (χ2v) is 9.92. The van der Waals surface area contributed by atoms with Gasteiger partial charge in [-0.3, -0.25) is 4.79 Å². The second-order valence-electron chi connectivity index (χ2n) is 9.92. The maximum atomic E-state index is 14.5. The van der Waals surface area contributed by atoms with Crippen molar-refractivity contribution in [1.29, 1.82) is 5.26 Å². The Bertz CT molecular complexity index is 1830. The first-order valence-corrected chi connectivity index (χ1v) is 13.0. The van der Waals surface area contributed by atoms with Crippen LogP contribution in [0.1, 0.15) is 35.8 Å². The lowest BCUT2D eigenvalue weighted by molar-refractivity contribution is 0.199. The van der Waals surface area contributed by atoms with Gasteiger partial charge in [0.2, 0.25) is 0 Å². The molecule has 0 bridgehead atoms. The predicted molar refractivity (Wildman–Crippen MR) is 147 cm³/mol. The summed E-state index contributed by atoms with van der Waals surface area (Å²) in [6.45, 7) is 1.82. The van der Waals surface area contributed by atoms with Crippen LogP contribution in [0.25, 0.3) is 39.4 Å². The Morgan fingerprint density at radius 2 is 2.05 bits per heavy atom. The normalized spacial score (nSPS) is 13.2. The first-order chi connectivity index (χ1) is 19.4. The number of pyridine rings is 1. The van der Waals surface area contributed by atoms with Crippen molar-refractivity contribution in [2.45, 2.75) is 25.3 Å². The highest BCUT2D eigenvalue weighted by Gasteiger charge is 2.27. The summed E-state index contributed by atoms with van der Waals surface area (Å²) in [5.74, 6) is 0.780. The number of halogens is 1. The number of hydrogen-bond acceptors (Lipinski definition) is 7. The maximum absolute atomic E-state index is 14.5. The van der Waals surface area contributed by atoms with Crippen molar-refractivity contribution < 1.29 is 9.13 Å². The van der Waals surface area contributed by atoms with Crippen LogP contribution in [-0.2, 0) is 18.3 Å². The van der Waals surface area contributed by atoms with Crippen LogP contribution in [0.15, 0.2) is 53.7 Å². The molecular formula is C29H27FN8O2. The van der Waals surface area contributed by atoms with Crippen molar-refractivity contribution in [2.24, 2.45) is 7.05 Å². The van der Waals surface area contributed by atoms with E-state index in [9.17, 15) is 14.4 Å². The summed E-state index contributed by atoms with van der Waals surface area (Å²) >= 11 is 0. The Morgan fingerprint density at radius 1 is 1.20 bits per heavy atom. The third-order valence-electron chi connectivity index (χ3n) is 6.99. The average molecular weight is 539 g/mol. The SMILES string of the molecule is COCCNCc1cc2ncn(-c3cc(-c4ccc(F)cc4-c4nc(C#N)cn4C)cc(C4CC4)n3)c(=O)c2[nH]1. The number of methoxy groups -OCH3 is 1. The average Bonchev–Trinajstić information content (AvgIpc) is 3.62. The minimum Gasteiger partial charge on any atom is -0.383 e. The van der Waals surface area contributed by atoms with E-state index in [1.807, 2.05) is 24.3 Å². The zero-order valence-corrected chi connectivity index (χ0v) is 22.1. The molecule has 1 fully saturated rings. The van der Waals surface area contributed by atoms with Gasteiger partial charge in [0.15, 0.2) is 5.69 Å². The van der Waals surface area contributed by atoms with Crippen molar-refractivity contribution >= 4 is 11.0 Å². The molecule has 1 aromatic carbocycles. The van der Waals surface area contributed by atoms with Crippen LogP contribution in [0.2, 0.25) is 0 Å². The Balaban J connectivity index is 1.45. The van der Waals surface area contributed by atoms with Gasteiger partial charge < -0.3 is 19.6 Å². The predicted octanol–water partition coefficient (Wildman–Crippen LogP) is 3.80. The third-order valence-corrected chi connectivity index (χ3v) is 6.99. The van der Waals surface area contributed by atoms with Crippen LogP contribution in [0, 0.1) is 17.1 Å². The highest BCUT2D eigenvalue weighted by Crippen LogP contribution is 2.42. The molecule has 11 heteroatoms. The van der Waals surface area contributed by atoms with Crippen molar-refractivity contribution in [3.8, 4) is 34.4 Å². The number of aryl methyl sites for hydroxylation is 1. The van der Waals surface area contributed by atoms with Gasteiger partial charge in [-0.2, -0.15) is 5.26 Å². The van der Waals surface area contributed by atoms with Gasteiger partial charge in [-0.25, -0.2) is 23.9 Å². The van der Waals surface area contributed by atoms with Crippen molar-refractivity contribution in [1.82, 2.24) is 34.4 Å². The molecular weight excluding hydrogens is 511 g/mol. The summed E-state index contributed by atoms with van der Waals surface area (Å²) in [5, 5.41) is 12.6. The molecule has 0 unspecified atom stereocenters. The molecule has 0 atom stereocenters. The zero-order chi connectivity index (χ0) is 27.8. The summed E-state index contributed by atoms with van der Waals surface area (Å²) in [7, 11) is 3.41. The van der Waals surface area contributed by atoms with E-state index in [1.54, 1.807) is 31.0 Å². The van der Waals surface area contributed by atoms with Gasteiger partial charge in [0.1, 0.15) is 35.4 Å². The number of nitrogens with zero attached hydrogens (tertiary/aromatic N) is 6. The fraction of sp³-hybridized carbons (Fsp3) is 0.276. The van der Waals surface area contributed by atoms with Crippen LogP contribution in [0.4, 0.5) is 4.39 Å². The van der Waals surface area contributed by atoms with E-state index >= 15 is 0 Å². The molecule has 1 aliphatic carbocycles. The molecule has 2 N–H and O–H groups in total. The fourth-order valence-electron chi connectivity index (χ4n) is 4.84. The number of hydrogen-bond donors (Lipinski definition) is 2. The lowest BCUT2D eigenvalue weighted by Crippen LogP contribution is -2.21. The Kier molecular flexibility index (Phi) is 6.71. The van der Waals surface area contributed by atoms with Crippen LogP contribution in [0.3, 0.4) is 0 Å². The van der Waals surface area contributed by atoms with E-state index in [0.29, 0.717) is 53.9 Å². The van der Waals surface area contributed by atoms with Crippen molar-refractivity contribution in [3.05, 3.63) is 82.2 Å². The molecule has 1 saturated carbocycles. The molecule has 6 rings (SSSR count). The molecule has 4 heterocycles. The Labute approximate surface area is 229 Å². The topological polar surface area (TPSA) is 126 Å². The van der Waals surface area contributed by atoms with Gasteiger partial charge in [0.05, 0.1) is 12.1 Å². The van der Waals surface area contributed by atoms with E-state index in [1.165, 1.54) is 23.0 Å². The number of nitriles is 1. The molecule has 0 amide bonds. The number of aromatic nitrogens is 6. The Hall–Kier alpha value is -4.66.